The van der Waals surface area contributed by atoms with E-state index >= 15 is 0 Å². The highest BCUT2D eigenvalue weighted by Gasteiger charge is 1.98. The van der Waals surface area contributed by atoms with E-state index in [1.807, 2.05) is 56.6 Å². The first-order chi connectivity index (χ1) is 10.2. The molecule has 4 nitrogen and oxygen atoms in total. The van der Waals surface area contributed by atoms with Crippen LogP contribution in [-0.4, -0.2) is 32.1 Å². The zero-order chi connectivity index (χ0) is 14.9. The van der Waals surface area contributed by atoms with Crippen LogP contribution in [0.3, 0.4) is 0 Å². The lowest BCUT2D eigenvalue weighted by Gasteiger charge is -2.12. The molecule has 0 aliphatic rings. The number of para-hydroxylation sites is 1. The number of anilines is 1. The summed E-state index contributed by atoms with van der Waals surface area (Å²) in [5.74, 6) is 0.913. The molecule has 4 heteroatoms. The molecule has 0 bridgehead atoms. The van der Waals surface area contributed by atoms with Crippen LogP contribution in [0.15, 0.2) is 54.6 Å². The lowest BCUT2D eigenvalue weighted by molar-refractivity contribution is 0.261. The Morgan fingerprint density at radius 3 is 2.57 bits per heavy atom. The van der Waals surface area contributed by atoms with Gasteiger partial charge in [-0.25, -0.2) is 5.43 Å². The van der Waals surface area contributed by atoms with E-state index in [1.54, 1.807) is 0 Å². The summed E-state index contributed by atoms with van der Waals surface area (Å²) in [7, 11) is 4.08. The van der Waals surface area contributed by atoms with Gasteiger partial charge in [-0.1, -0.05) is 30.3 Å². The van der Waals surface area contributed by atoms with E-state index in [0.29, 0.717) is 6.61 Å². The molecule has 0 fully saturated rings. The highest BCUT2D eigenvalue weighted by atomic mass is 16.5. The van der Waals surface area contributed by atoms with Crippen LogP contribution in [0.25, 0.3) is 0 Å². The van der Waals surface area contributed by atoms with Crippen molar-refractivity contribution >= 4 is 5.69 Å². The molecule has 0 atom stereocenters. The quantitative estimate of drug-likeness (QED) is 0.731. The molecule has 0 saturated carbocycles. The van der Waals surface area contributed by atoms with Gasteiger partial charge >= 0.3 is 0 Å². The van der Waals surface area contributed by atoms with E-state index in [-0.39, 0.29) is 0 Å². The largest absolute Gasteiger partial charge is 0.492 e. The first-order valence-corrected chi connectivity index (χ1v) is 7.14. The minimum absolute atomic E-state index is 0.701. The first kappa shape index (κ1) is 15.4. The Bertz CT molecular complexity index is 529. The van der Waals surface area contributed by atoms with E-state index < -0.39 is 0 Å². The van der Waals surface area contributed by atoms with Crippen molar-refractivity contribution in [1.29, 1.82) is 0 Å². The number of hydrogen-bond acceptors (Lipinski definition) is 4. The number of hydrazine groups is 1. The predicted molar refractivity (Wildman–Crippen MR) is 87.4 cm³/mol. The molecule has 0 saturated heterocycles. The molecule has 2 rings (SSSR count). The van der Waals surface area contributed by atoms with Gasteiger partial charge in [0.2, 0.25) is 0 Å². The smallest absolute Gasteiger partial charge is 0.119 e. The minimum atomic E-state index is 0.701. The third kappa shape index (κ3) is 5.85. The second kappa shape index (κ2) is 8.29. The molecule has 21 heavy (non-hydrogen) atoms. The topological polar surface area (TPSA) is 36.5 Å². The van der Waals surface area contributed by atoms with Gasteiger partial charge in [0.05, 0.1) is 0 Å². The summed E-state index contributed by atoms with van der Waals surface area (Å²) in [6.45, 7) is 2.35. The number of hydrogen-bond donors (Lipinski definition) is 2. The van der Waals surface area contributed by atoms with Crippen LogP contribution in [0.2, 0.25) is 0 Å². The monoisotopic (exact) mass is 285 g/mol. The summed E-state index contributed by atoms with van der Waals surface area (Å²) < 4.78 is 5.73. The first-order valence-electron chi connectivity index (χ1n) is 7.14. The summed E-state index contributed by atoms with van der Waals surface area (Å²) >= 11 is 0. The summed E-state index contributed by atoms with van der Waals surface area (Å²) in [5, 5.41) is 0. The molecular weight excluding hydrogens is 262 g/mol. The molecule has 2 N–H and O–H groups in total. The van der Waals surface area contributed by atoms with E-state index in [1.165, 1.54) is 5.56 Å². The molecule has 0 amide bonds. The van der Waals surface area contributed by atoms with Crippen LogP contribution in [0.5, 0.6) is 5.75 Å². The van der Waals surface area contributed by atoms with Crippen LogP contribution < -0.4 is 15.6 Å². The van der Waals surface area contributed by atoms with Crippen molar-refractivity contribution in [3.63, 3.8) is 0 Å². The van der Waals surface area contributed by atoms with Gasteiger partial charge in [0.25, 0.3) is 0 Å². The summed E-state index contributed by atoms with van der Waals surface area (Å²) in [6, 6.07) is 18.2. The van der Waals surface area contributed by atoms with Gasteiger partial charge in [0.1, 0.15) is 12.4 Å². The summed E-state index contributed by atoms with van der Waals surface area (Å²) in [6.07, 6.45) is 0. The van der Waals surface area contributed by atoms with Crippen molar-refractivity contribution in [2.75, 3.05) is 32.7 Å². The van der Waals surface area contributed by atoms with Crippen molar-refractivity contribution in [2.24, 2.45) is 0 Å². The molecule has 112 valence electrons. The van der Waals surface area contributed by atoms with Crippen molar-refractivity contribution in [1.82, 2.24) is 10.3 Å². The SMILES string of the molecule is CN(C)CCOc1cccc(CNNc2ccccc2)c1. The van der Waals surface area contributed by atoms with E-state index in [2.05, 4.69) is 27.9 Å². The van der Waals surface area contributed by atoms with Crippen LogP contribution in [-0.2, 0) is 6.54 Å². The van der Waals surface area contributed by atoms with Gasteiger partial charge in [-0.3, -0.25) is 0 Å². The molecule has 2 aromatic rings. The molecule has 0 aliphatic carbocycles. The third-order valence-electron chi connectivity index (χ3n) is 3.00. The molecule has 2 aromatic carbocycles. The number of nitrogens with zero attached hydrogens (tertiary/aromatic N) is 1. The zero-order valence-corrected chi connectivity index (χ0v) is 12.7. The van der Waals surface area contributed by atoms with Crippen molar-refractivity contribution in [2.45, 2.75) is 6.54 Å². The Labute approximate surface area is 126 Å². The number of nitrogens with one attached hydrogen (secondary N) is 2. The summed E-state index contributed by atoms with van der Waals surface area (Å²) in [4.78, 5) is 2.11. The molecule has 0 aliphatic heterocycles. The molecule has 0 heterocycles. The lowest BCUT2D eigenvalue weighted by Crippen LogP contribution is -2.21. The maximum absolute atomic E-state index is 5.73. The van der Waals surface area contributed by atoms with Gasteiger partial charge in [0.15, 0.2) is 0 Å². The van der Waals surface area contributed by atoms with Gasteiger partial charge in [0, 0.05) is 18.8 Å². The Kier molecular flexibility index (Phi) is 6.06. The van der Waals surface area contributed by atoms with Gasteiger partial charge < -0.3 is 15.1 Å². The molecule has 0 radical (unpaired) electrons. The van der Waals surface area contributed by atoms with Crippen LogP contribution in [0.1, 0.15) is 5.56 Å². The highest BCUT2D eigenvalue weighted by molar-refractivity contribution is 5.41. The zero-order valence-electron chi connectivity index (χ0n) is 12.7. The highest BCUT2D eigenvalue weighted by Crippen LogP contribution is 2.13. The van der Waals surface area contributed by atoms with Crippen LogP contribution >= 0.6 is 0 Å². The molecule has 0 unspecified atom stereocenters. The Hall–Kier alpha value is -2.04. The maximum Gasteiger partial charge on any atom is 0.119 e. The fourth-order valence-corrected chi connectivity index (χ4v) is 1.86. The normalized spacial score (nSPS) is 10.6. The Balaban J connectivity index is 1.78. The standard InChI is InChI=1S/C17H23N3O/c1-20(2)11-12-21-17-10-6-7-15(13-17)14-18-19-16-8-4-3-5-9-16/h3-10,13,18-19H,11-12,14H2,1-2H3. The number of ether oxygens (including phenoxy) is 1. The van der Waals surface area contributed by atoms with Crippen LogP contribution in [0.4, 0.5) is 5.69 Å². The van der Waals surface area contributed by atoms with Crippen molar-refractivity contribution < 1.29 is 4.74 Å². The Morgan fingerprint density at radius 1 is 1.00 bits per heavy atom. The molecule has 0 spiro atoms. The van der Waals surface area contributed by atoms with Crippen molar-refractivity contribution in [3.05, 3.63) is 60.2 Å². The minimum Gasteiger partial charge on any atom is -0.492 e. The van der Waals surface area contributed by atoms with Gasteiger partial charge in [-0.05, 0) is 43.9 Å². The maximum atomic E-state index is 5.73. The lowest BCUT2D eigenvalue weighted by atomic mass is 10.2. The van der Waals surface area contributed by atoms with E-state index in [9.17, 15) is 0 Å². The average molecular weight is 285 g/mol. The summed E-state index contributed by atoms with van der Waals surface area (Å²) in [5.41, 5.74) is 8.61. The number of rotatable bonds is 8. The second-order valence-corrected chi connectivity index (χ2v) is 5.14. The number of likely N-dealkylation sites (N-methyl/N-ethyl adjacent to an activating group) is 1. The fraction of sp³-hybridized carbons (Fsp3) is 0.294. The number of benzene rings is 2. The Morgan fingerprint density at radius 2 is 1.81 bits per heavy atom. The fourth-order valence-electron chi connectivity index (χ4n) is 1.86. The van der Waals surface area contributed by atoms with Gasteiger partial charge in [-0.15, -0.1) is 0 Å². The van der Waals surface area contributed by atoms with Crippen LogP contribution in [0, 0.1) is 0 Å². The molecular formula is C17H23N3O. The van der Waals surface area contributed by atoms with Crippen molar-refractivity contribution in [3.8, 4) is 5.75 Å². The van der Waals surface area contributed by atoms with Gasteiger partial charge in [-0.2, -0.15) is 0 Å². The predicted octanol–water partition coefficient (Wildman–Crippen LogP) is 2.74. The average Bonchev–Trinajstić information content (AvgIpc) is 2.48. The van der Waals surface area contributed by atoms with E-state index in [0.717, 1.165) is 24.5 Å². The molecule has 0 aromatic heterocycles. The third-order valence-corrected chi connectivity index (χ3v) is 3.00. The second-order valence-electron chi connectivity index (χ2n) is 5.14. The van der Waals surface area contributed by atoms with E-state index in [4.69, 9.17) is 4.74 Å².